The van der Waals surface area contributed by atoms with E-state index < -0.39 is 0 Å². The first-order valence-corrected chi connectivity index (χ1v) is 6.29. The minimum Gasteiger partial charge on any atom is -0.340 e. The summed E-state index contributed by atoms with van der Waals surface area (Å²) >= 11 is 3.46. The zero-order chi connectivity index (χ0) is 13.1. The number of halogens is 1. The van der Waals surface area contributed by atoms with Crippen molar-refractivity contribution in [2.75, 3.05) is 5.32 Å². The van der Waals surface area contributed by atoms with Crippen LogP contribution in [-0.2, 0) is 0 Å². The number of aromatic nitrogens is 1. The summed E-state index contributed by atoms with van der Waals surface area (Å²) in [5, 5.41) is 12.1. The Labute approximate surface area is 115 Å². The van der Waals surface area contributed by atoms with Crippen molar-refractivity contribution in [3.63, 3.8) is 0 Å². The van der Waals surface area contributed by atoms with Gasteiger partial charge in [-0.2, -0.15) is 5.26 Å². The molecule has 0 amide bonds. The average molecular weight is 302 g/mol. The van der Waals surface area contributed by atoms with Crippen molar-refractivity contribution in [3.05, 3.63) is 51.6 Å². The van der Waals surface area contributed by atoms with E-state index in [1.54, 1.807) is 12.1 Å². The number of nitrogens with zero attached hydrogens (tertiary/aromatic N) is 2. The van der Waals surface area contributed by atoms with E-state index in [2.05, 4.69) is 32.3 Å². The first-order valence-electron chi connectivity index (χ1n) is 5.50. The normalized spacial score (nSPS) is 9.89. The molecule has 0 spiro atoms. The van der Waals surface area contributed by atoms with Crippen molar-refractivity contribution in [2.24, 2.45) is 0 Å². The molecular formula is C14H12BrN3. The lowest BCUT2D eigenvalue weighted by molar-refractivity contribution is 1.19. The molecule has 0 unspecified atom stereocenters. The smallest absolute Gasteiger partial charge is 0.131 e. The van der Waals surface area contributed by atoms with Crippen LogP contribution < -0.4 is 5.32 Å². The molecule has 0 aliphatic heterocycles. The molecule has 0 aliphatic rings. The lowest BCUT2D eigenvalue weighted by Crippen LogP contribution is -1.96. The third-order valence-corrected chi connectivity index (χ3v) is 2.85. The number of nitrogens with one attached hydrogen (secondary N) is 1. The summed E-state index contributed by atoms with van der Waals surface area (Å²) in [6, 6.07) is 11.7. The van der Waals surface area contributed by atoms with Crippen LogP contribution in [0.1, 0.15) is 16.8 Å². The van der Waals surface area contributed by atoms with Gasteiger partial charge in [0.25, 0.3) is 0 Å². The molecule has 0 saturated heterocycles. The molecule has 0 atom stereocenters. The fourth-order valence-electron chi connectivity index (χ4n) is 1.75. The zero-order valence-electron chi connectivity index (χ0n) is 10.2. The molecule has 4 heteroatoms. The molecule has 0 aliphatic carbocycles. The molecule has 1 N–H and O–H groups in total. The summed E-state index contributed by atoms with van der Waals surface area (Å²) < 4.78 is 1.01. The van der Waals surface area contributed by atoms with Crippen molar-refractivity contribution < 1.29 is 0 Å². The molecule has 1 heterocycles. The highest BCUT2D eigenvalue weighted by Crippen LogP contribution is 2.22. The first kappa shape index (κ1) is 12.6. The van der Waals surface area contributed by atoms with Gasteiger partial charge in [-0.1, -0.05) is 15.9 Å². The second-order valence-corrected chi connectivity index (χ2v) is 5.05. The van der Waals surface area contributed by atoms with Gasteiger partial charge >= 0.3 is 0 Å². The van der Waals surface area contributed by atoms with Crippen LogP contribution in [0.15, 0.2) is 34.8 Å². The average Bonchev–Trinajstić information content (AvgIpc) is 2.26. The summed E-state index contributed by atoms with van der Waals surface area (Å²) in [5.74, 6) is 0.684. The Morgan fingerprint density at radius 1 is 1.17 bits per heavy atom. The molecule has 0 radical (unpaired) electrons. The Morgan fingerprint density at radius 2 is 1.94 bits per heavy atom. The number of hydrogen-bond acceptors (Lipinski definition) is 3. The second kappa shape index (κ2) is 5.19. The summed E-state index contributed by atoms with van der Waals surface area (Å²) in [4.78, 5) is 4.36. The van der Waals surface area contributed by atoms with E-state index in [9.17, 15) is 0 Å². The number of pyridine rings is 1. The molecule has 0 fully saturated rings. The highest BCUT2D eigenvalue weighted by atomic mass is 79.9. The molecular weight excluding hydrogens is 290 g/mol. The van der Waals surface area contributed by atoms with Crippen molar-refractivity contribution in [1.29, 1.82) is 5.26 Å². The van der Waals surface area contributed by atoms with Crippen LogP contribution >= 0.6 is 15.9 Å². The number of benzene rings is 1. The van der Waals surface area contributed by atoms with Gasteiger partial charge in [-0.05, 0) is 49.7 Å². The quantitative estimate of drug-likeness (QED) is 0.909. The molecule has 2 rings (SSSR count). The van der Waals surface area contributed by atoms with Gasteiger partial charge in [-0.3, -0.25) is 0 Å². The summed E-state index contributed by atoms with van der Waals surface area (Å²) in [7, 11) is 0. The highest BCUT2D eigenvalue weighted by Gasteiger charge is 2.02. The van der Waals surface area contributed by atoms with Crippen LogP contribution in [0.25, 0.3) is 0 Å². The Balaban J connectivity index is 2.34. The van der Waals surface area contributed by atoms with Crippen molar-refractivity contribution in [1.82, 2.24) is 4.98 Å². The van der Waals surface area contributed by atoms with E-state index >= 15 is 0 Å². The van der Waals surface area contributed by atoms with Crippen LogP contribution in [0, 0.1) is 25.2 Å². The summed E-state index contributed by atoms with van der Waals surface area (Å²) in [6.45, 7) is 3.90. The monoisotopic (exact) mass is 301 g/mol. The van der Waals surface area contributed by atoms with Gasteiger partial charge in [0.2, 0.25) is 0 Å². The second-order valence-electron chi connectivity index (χ2n) is 4.14. The Bertz CT molecular complexity index is 609. The van der Waals surface area contributed by atoms with Crippen LogP contribution in [0.5, 0.6) is 0 Å². The highest BCUT2D eigenvalue weighted by molar-refractivity contribution is 9.10. The van der Waals surface area contributed by atoms with Gasteiger partial charge in [0.1, 0.15) is 5.82 Å². The maximum Gasteiger partial charge on any atom is 0.131 e. The van der Waals surface area contributed by atoms with Gasteiger partial charge in [0.05, 0.1) is 11.6 Å². The van der Waals surface area contributed by atoms with Crippen LogP contribution in [-0.4, -0.2) is 4.98 Å². The molecule has 1 aromatic carbocycles. The molecule has 3 nitrogen and oxygen atoms in total. The van der Waals surface area contributed by atoms with Crippen molar-refractivity contribution >= 4 is 27.4 Å². The molecule has 0 saturated carbocycles. The number of anilines is 2. The third kappa shape index (κ3) is 3.08. The fourth-order valence-corrected chi connectivity index (χ4v) is 2.36. The van der Waals surface area contributed by atoms with Crippen LogP contribution in [0.2, 0.25) is 0 Å². The van der Waals surface area contributed by atoms with E-state index in [1.807, 2.05) is 32.0 Å². The zero-order valence-corrected chi connectivity index (χ0v) is 11.7. The molecule has 2 aromatic rings. The van der Waals surface area contributed by atoms with Gasteiger partial charge in [-0.15, -0.1) is 0 Å². The minimum absolute atomic E-state index is 0.608. The van der Waals surface area contributed by atoms with Gasteiger partial charge in [-0.25, -0.2) is 4.98 Å². The molecule has 90 valence electrons. The first-order chi connectivity index (χ1) is 8.56. The maximum atomic E-state index is 8.93. The van der Waals surface area contributed by atoms with Crippen molar-refractivity contribution in [2.45, 2.75) is 13.8 Å². The number of hydrogen-bond donors (Lipinski definition) is 1. The third-order valence-electron chi connectivity index (χ3n) is 2.40. The number of aryl methyl sites for hydroxylation is 2. The van der Waals surface area contributed by atoms with Crippen LogP contribution in [0.4, 0.5) is 11.5 Å². The van der Waals surface area contributed by atoms with E-state index in [0.717, 1.165) is 21.4 Å². The molecule has 0 bridgehead atoms. The predicted molar refractivity (Wildman–Crippen MR) is 75.9 cm³/mol. The van der Waals surface area contributed by atoms with Gasteiger partial charge < -0.3 is 5.32 Å². The summed E-state index contributed by atoms with van der Waals surface area (Å²) in [6.07, 6.45) is 0. The van der Waals surface area contributed by atoms with E-state index in [4.69, 9.17) is 5.26 Å². The van der Waals surface area contributed by atoms with Gasteiger partial charge in [0, 0.05) is 15.9 Å². The Morgan fingerprint density at radius 3 is 2.61 bits per heavy atom. The Hall–Kier alpha value is -1.86. The Kier molecular flexibility index (Phi) is 3.63. The lowest BCUT2D eigenvalue weighted by atomic mass is 10.2. The van der Waals surface area contributed by atoms with E-state index in [0.29, 0.717) is 11.4 Å². The topological polar surface area (TPSA) is 48.7 Å². The van der Waals surface area contributed by atoms with E-state index in [-0.39, 0.29) is 0 Å². The number of nitriles is 1. The van der Waals surface area contributed by atoms with Gasteiger partial charge in [0.15, 0.2) is 0 Å². The molecule has 18 heavy (non-hydrogen) atoms. The fraction of sp³-hybridized carbons (Fsp3) is 0.143. The maximum absolute atomic E-state index is 8.93. The summed E-state index contributed by atoms with van der Waals surface area (Å²) in [5.41, 5.74) is 3.53. The van der Waals surface area contributed by atoms with Crippen molar-refractivity contribution in [3.8, 4) is 6.07 Å². The number of rotatable bonds is 2. The largest absolute Gasteiger partial charge is 0.340 e. The lowest BCUT2D eigenvalue weighted by Gasteiger charge is -2.08. The van der Waals surface area contributed by atoms with E-state index in [1.165, 1.54) is 0 Å². The minimum atomic E-state index is 0.608. The SMILES string of the molecule is Cc1cc(Br)cc(Nc2cc(C#N)cc(C)n2)c1. The predicted octanol–water partition coefficient (Wildman–Crippen LogP) is 4.08. The molecule has 1 aromatic heterocycles. The standard InChI is InChI=1S/C14H12BrN3/c1-9-3-12(15)7-13(4-9)18-14-6-11(8-16)5-10(2)17-14/h3-7H,1-2H3,(H,17,18). The van der Waals surface area contributed by atoms with Crippen LogP contribution in [0.3, 0.4) is 0 Å².